The second-order valence-corrected chi connectivity index (χ2v) is 5.86. The average Bonchev–Trinajstić information content (AvgIpc) is 2.94. The Morgan fingerprint density at radius 1 is 1.00 bits per heavy atom. The molecule has 0 saturated heterocycles. The fourth-order valence-corrected chi connectivity index (χ4v) is 3.10. The molecule has 1 N–H and O–H groups in total. The average molecular weight is 339 g/mol. The molecule has 0 radical (unpaired) electrons. The van der Waals surface area contributed by atoms with Gasteiger partial charge in [0, 0.05) is 0 Å². The molecule has 0 atom stereocenters. The second-order valence-electron chi connectivity index (χ2n) is 5.86. The maximum atomic E-state index is 11.9. The van der Waals surface area contributed by atoms with Gasteiger partial charge >= 0.3 is 0 Å². The molecule has 2 aromatic carbocycles. The highest BCUT2D eigenvalue weighted by atomic mass is 16.6. The van der Waals surface area contributed by atoms with Crippen LogP contribution in [0.5, 0.6) is 17.2 Å². The Hall–Kier alpha value is -3.02. The van der Waals surface area contributed by atoms with E-state index in [9.17, 15) is 9.59 Å². The van der Waals surface area contributed by atoms with Crippen LogP contribution in [-0.4, -0.2) is 31.6 Å². The number of fused-ring (bicyclic) bond motifs is 2. The van der Waals surface area contributed by atoms with Gasteiger partial charge in [0.05, 0.1) is 17.7 Å². The highest BCUT2D eigenvalue weighted by Crippen LogP contribution is 2.39. The molecule has 128 valence electrons. The van der Waals surface area contributed by atoms with Gasteiger partial charge in [-0.1, -0.05) is 18.2 Å². The van der Waals surface area contributed by atoms with E-state index in [0.717, 1.165) is 5.56 Å². The van der Waals surface area contributed by atoms with Crippen molar-refractivity contribution < 1.29 is 23.8 Å². The number of ether oxygens (including phenoxy) is 3. The Morgan fingerprint density at radius 2 is 1.84 bits per heavy atom. The summed E-state index contributed by atoms with van der Waals surface area (Å²) in [5.74, 6) is 1.34. The maximum absolute atomic E-state index is 11.9. The molecule has 2 heterocycles. The number of carbonyl (C=O) groups excluding carboxylic acids is 2. The Morgan fingerprint density at radius 3 is 2.76 bits per heavy atom. The first-order chi connectivity index (χ1) is 12.2. The number of carbonyl (C=O) groups is 2. The minimum atomic E-state index is -0.328. The predicted molar refractivity (Wildman–Crippen MR) is 89.5 cm³/mol. The molecular weight excluding hydrogens is 322 g/mol. The number of hydrogen-bond donors (Lipinski definition) is 1. The van der Waals surface area contributed by atoms with Crippen LogP contribution >= 0.6 is 0 Å². The zero-order valence-corrected chi connectivity index (χ0v) is 13.5. The van der Waals surface area contributed by atoms with Gasteiger partial charge in [-0.2, -0.15) is 0 Å². The van der Waals surface area contributed by atoms with Crippen molar-refractivity contribution in [1.82, 2.24) is 5.32 Å². The van der Waals surface area contributed by atoms with Gasteiger partial charge in [-0.05, 0) is 36.6 Å². The summed E-state index contributed by atoms with van der Waals surface area (Å²) in [5, 5.41) is 2.33. The molecule has 2 aliphatic rings. The summed E-state index contributed by atoms with van der Waals surface area (Å²) in [7, 11) is 0. The number of nitrogens with one attached hydrogen (secondary N) is 1. The van der Waals surface area contributed by atoms with Crippen molar-refractivity contribution in [3.63, 3.8) is 0 Å². The van der Waals surface area contributed by atoms with Crippen LogP contribution in [0, 0.1) is 0 Å². The predicted octanol–water partition coefficient (Wildman–Crippen LogP) is 2.35. The van der Waals surface area contributed by atoms with Gasteiger partial charge in [0.1, 0.15) is 13.2 Å². The van der Waals surface area contributed by atoms with Crippen LogP contribution in [0.3, 0.4) is 0 Å². The summed E-state index contributed by atoms with van der Waals surface area (Å²) in [4.78, 5) is 23.6. The molecule has 0 unspecified atom stereocenters. The van der Waals surface area contributed by atoms with Crippen LogP contribution < -0.4 is 19.5 Å². The van der Waals surface area contributed by atoms with Gasteiger partial charge in [-0.15, -0.1) is 0 Å². The molecule has 2 aliphatic heterocycles. The number of aryl methyl sites for hydroxylation is 1. The molecule has 0 bridgehead atoms. The highest BCUT2D eigenvalue weighted by molar-refractivity contribution is 6.22. The van der Waals surface area contributed by atoms with Crippen molar-refractivity contribution in [2.45, 2.75) is 12.8 Å². The quantitative estimate of drug-likeness (QED) is 0.669. The molecule has 0 aromatic heterocycles. The van der Waals surface area contributed by atoms with Gasteiger partial charge in [-0.3, -0.25) is 14.9 Å². The van der Waals surface area contributed by atoms with Crippen molar-refractivity contribution in [2.24, 2.45) is 0 Å². The third kappa shape index (κ3) is 2.91. The summed E-state index contributed by atoms with van der Waals surface area (Å²) in [5.41, 5.74) is 1.80. The Kier molecular flexibility index (Phi) is 4.01. The van der Waals surface area contributed by atoms with Crippen molar-refractivity contribution in [3.8, 4) is 17.2 Å². The van der Waals surface area contributed by atoms with Crippen LogP contribution in [0.2, 0.25) is 0 Å². The van der Waals surface area contributed by atoms with Crippen LogP contribution in [0.4, 0.5) is 0 Å². The van der Waals surface area contributed by atoms with E-state index in [2.05, 4.69) is 5.32 Å². The fraction of sp³-hybridized carbons (Fsp3) is 0.263. The molecule has 6 heteroatoms. The standard InChI is InChI=1S/C19H17NO5/c21-18-13-6-1-4-12(16(13)19(22)20-18)5-3-9-23-14-7-2-8-15-17(14)25-11-10-24-15/h1-2,4,6-8H,3,5,9-11H2,(H,20,21,22). The Balaban J connectivity index is 1.40. The normalized spacial score (nSPS) is 14.9. The van der Waals surface area contributed by atoms with Crippen molar-refractivity contribution in [2.75, 3.05) is 19.8 Å². The third-order valence-corrected chi connectivity index (χ3v) is 4.23. The third-order valence-electron chi connectivity index (χ3n) is 4.23. The topological polar surface area (TPSA) is 73.9 Å². The van der Waals surface area contributed by atoms with E-state index in [4.69, 9.17) is 14.2 Å². The van der Waals surface area contributed by atoms with Crippen LogP contribution in [0.25, 0.3) is 0 Å². The lowest BCUT2D eigenvalue weighted by molar-refractivity contribution is 0.0879. The molecule has 25 heavy (non-hydrogen) atoms. The second kappa shape index (κ2) is 6.47. The molecule has 0 saturated carbocycles. The molecule has 0 fully saturated rings. The lowest BCUT2D eigenvalue weighted by Crippen LogP contribution is -2.20. The van der Waals surface area contributed by atoms with Crippen LogP contribution in [-0.2, 0) is 6.42 Å². The first kappa shape index (κ1) is 15.5. The lowest BCUT2D eigenvalue weighted by Gasteiger charge is -2.20. The van der Waals surface area contributed by atoms with Gasteiger partial charge in [0.2, 0.25) is 5.75 Å². The molecule has 2 amide bonds. The fourth-order valence-electron chi connectivity index (χ4n) is 3.10. The summed E-state index contributed by atoms with van der Waals surface area (Å²) >= 11 is 0. The highest BCUT2D eigenvalue weighted by Gasteiger charge is 2.28. The summed E-state index contributed by atoms with van der Waals surface area (Å²) < 4.78 is 17.0. The zero-order valence-electron chi connectivity index (χ0n) is 13.5. The molecule has 0 spiro atoms. The first-order valence-electron chi connectivity index (χ1n) is 8.23. The van der Waals surface area contributed by atoms with E-state index in [1.807, 2.05) is 24.3 Å². The molecule has 2 aromatic rings. The van der Waals surface area contributed by atoms with E-state index in [0.29, 0.717) is 61.0 Å². The number of benzene rings is 2. The lowest BCUT2D eigenvalue weighted by atomic mass is 9.99. The van der Waals surface area contributed by atoms with Gasteiger partial charge < -0.3 is 14.2 Å². The maximum Gasteiger partial charge on any atom is 0.259 e. The molecular formula is C19H17NO5. The minimum Gasteiger partial charge on any atom is -0.490 e. The number of amides is 2. The number of hydrogen-bond acceptors (Lipinski definition) is 5. The smallest absolute Gasteiger partial charge is 0.259 e. The summed E-state index contributed by atoms with van der Waals surface area (Å²) in [6.45, 7) is 1.52. The van der Waals surface area contributed by atoms with Gasteiger partial charge in [-0.25, -0.2) is 0 Å². The first-order valence-corrected chi connectivity index (χ1v) is 8.23. The van der Waals surface area contributed by atoms with E-state index >= 15 is 0 Å². The van der Waals surface area contributed by atoms with E-state index < -0.39 is 0 Å². The Labute approximate surface area is 144 Å². The van der Waals surface area contributed by atoms with E-state index in [1.54, 1.807) is 12.1 Å². The van der Waals surface area contributed by atoms with E-state index in [1.165, 1.54) is 0 Å². The van der Waals surface area contributed by atoms with Gasteiger partial charge in [0.25, 0.3) is 11.8 Å². The van der Waals surface area contributed by atoms with Crippen LogP contribution in [0.1, 0.15) is 32.7 Å². The Bertz CT molecular complexity index is 846. The SMILES string of the molecule is O=C1NC(=O)c2c(CCCOc3cccc4c3OCCO4)cccc21. The molecule has 0 aliphatic carbocycles. The number of imide groups is 1. The van der Waals surface area contributed by atoms with Crippen LogP contribution in [0.15, 0.2) is 36.4 Å². The van der Waals surface area contributed by atoms with Crippen molar-refractivity contribution in [3.05, 3.63) is 53.1 Å². The van der Waals surface area contributed by atoms with Gasteiger partial charge in [0.15, 0.2) is 11.5 Å². The summed E-state index contributed by atoms with van der Waals surface area (Å²) in [6.07, 6.45) is 1.36. The molecule has 6 nitrogen and oxygen atoms in total. The number of rotatable bonds is 5. The van der Waals surface area contributed by atoms with Crippen molar-refractivity contribution >= 4 is 11.8 Å². The van der Waals surface area contributed by atoms with Crippen molar-refractivity contribution in [1.29, 1.82) is 0 Å². The minimum absolute atomic E-state index is 0.320. The summed E-state index contributed by atoms with van der Waals surface area (Å²) in [6, 6.07) is 10.9. The number of para-hydroxylation sites is 1. The van der Waals surface area contributed by atoms with E-state index in [-0.39, 0.29) is 11.8 Å². The monoisotopic (exact) mass is 339 g/mol. The molecule has 4 rings (SSSR count). The largest absolute Gasteiger partial charge is 0.490 e. The zero-order chi connectivity index (χ0) is 17.2.